The van der Waals surface area contributed by atoms with Crippen molar-refractivity contribution in [2.45, 2.75) is 38.8 Å². The number of piperidine rings is 1. The minimum Gasteiger partial charge on any atom is -0.390 e. The first-order valence-electron chi connectivity index (χ1n) is 6.58. The van der Waals surface area contributed by atoms with Crippen LogP contribution in [0.25, 0.3) is 0 Å². The van der Waals surface area contributed by atoms with E-state index in [4.69, 9.17) is 0 Å². The van der Waals surface area contributed by atoms with E-state index >= 15 is 0 Å². The van der Waals surface area contributed by atoms with Gasteiger partial charge in [0.25, 0.3) is 0 Å². The van der Waals surface area contributed by atoms with Crippen LogP contribution in [-0.4, -0.2) is 60.8 Å². The van der Waals surface area contributed by atoms with Gasteiger partial charge in [0.15, 0.2) is 0 Å². The lowest BCUT2D eigenvalue weighted by Gasteiger charge is -2.26. The maximum Gasteiger partial charge on any atom is 0.237 e. The fraction of sp³-hybridized carbons (Fsp3) is 0.917. The molecule has 1 aliphatic rings. The van der Waals surface area contributed by atoms with Gasteiger partial charge >= 0.3 is 0 Å². The van der Waals surface area contributed by atoms with Crippen molar-refractivity contribution in [3.63, 3.8) is 0 Å². The van der Waals surface area contributed by atoms with E-state index in [1.807, 2.05) is 0 Å². The summed E-state index contributed by atoms with van der Waals surface area (Å²) in [5.74, 6) is 0.0614. The van der Waals surface area contributed by atoms with Gasteiger partial charge in [0.2, 0.25) is 5.91 Å². The summed E-state index contributed by atoms with van der Waals surface area (Å²) in [6.07, 6.45) is 1.46. The third kappa shape index (κ3) is 5.02. The monoisotopic (exact) mass is 243 g/mol. The minimum absolute atomic E-state index is 0.0614. The standard InChI is InChI=1S/C12H25N3O2/c1-3-15(4-2)9-10(16)8-14-11-6-5-7-13-12(11)17/h10-11,14,16H,3-9H2,1-2H3,(H,13,17). The second-order valence-corrected chi connectivity index (χ2v) is 4.53. The van der Waals surface area contributed by atoms with Gasteiger partial charge in [-0.25, -0.2) is 0 Å². The average Bonchev–Trinajstić information content (AvgIpc) is 2.35. The van der Waals surface area contributed by atoms with Crippen molar-refractivity contribution in [2.24, 2.45) is 0 Å². The molecule has 0 saturated carbocycles. The molecule has 2 atom stereocenters. The molecule has 0 aromatic heterocycles. The van der Waals surface area contributed by atoms with Crippen LogP contribution in [0.15, 0.2) is 0 Å². The molecule has 1 aliphatic heterocycles. The van der Waals surface area contributed by atoms with Crippen molar-refractivity contribution in [3.05, 3.63) is 0 Å². The molecule has 5 nitrogen and oxygen atoms in total. The first-order chi connectivity index (χ1) is 8.17. The third-order valence-electron chi connectivity index (χ3n) is 3.25. The Bertz CT molecular complexity index is 232. The molecule has 0 spiro atoms. The van der Waals surface area contributed by atoms with E-state index in [0.29, 0.717) is 13.1 Å². The molecule has 2 unspecified atom stereocenters. The van der Waals surface area contributed by atoms with E-state index in [-0.39, 0.29) is 11.9 Å². The quantitative estimate of drug-likeness (QED) is 0.567. The van der Waals surface area contributed by atoms with Crippen molar-refractivity contribution < 1.29 is 9.90 Å². The van der Waals surface area contributed by atoms with Gasteiger partial charge < -0.3 is 20.6 Å². The fourth-order valence-electron chi connectivity index (χ4n) is 2.09. The number of aliphatic hydroxyl groups is 1. The molecular weight excluding hydrogens is 218 g/mol. The third-order valence-corrected chi connectivity index (χ3v) is 3.25. The molecular formula is C12H25N3O2. The van der Waals surface area contributed by atoms with Crippen LogP contribution in [0.1, 0.15) is 26.7 Å². The summed E-state index contributed by atoms with van der Waals surface area (Å²) in [5.41, 5.74) is 0. The highest BCUT2D eigenvalue weighted by atomic mass is 16.3. The zero-order valence-corrected chi connectivity index (χ0v) is 10.9. The number of amides is 1. The van der Waals surface area contributed by atoms with Crippen LogP contribution < -0.4 is 10.6 Å². The lowest BCUT2D eigenvalue weighted by atomic mass is 10.1. The zero-order chi connectivity index (χ0) is 12.7. The van der Waals surface area contributed by atoms with Gasteiger partial charge in [-0.1, -0.05) is 13.8 Å². The van der Waals surface area contributed by atoms with Gasteiger partial charge in [-0.2, -0.15) is 0 Å². The summed E-state index contributed by atoms with van der Waals surface area (Å²) in [6, 6.07) is -0.130. The second kappa shape index (κ2) is 7.63. The van der Waals surface area contributed by atoms with E-state index in [9.17, 15) is 9.90 Å². The largest absolute Gasteiger partial charge is 0.390 e. The Morgan fingerprint density at radius 3 is 2.82 bits per heavy atom. The van der Waals surface area contributed by atoms with E-state index in [1.54, 1.807) is 0 Å². The number of hydrogen-bond acceptors (Lipinski definition) is 4. The van der Waals surface area contributed by atoms with E-state index in [2.05, 4.69) is 29.4 Å². The SMILES string of the molecule is CCN(CC)CC(O)CNC1CCCNC1=O. The molecule has 100 valence electrons. The molecule has 0 radical (unpaired) electrons. The lowest BCUT2D eigenvalue weighted by molar-refractivity contribution is -0.124. The predicted octanol–water partition coefficient (Wildman–Crippen LogP) is -0.443. The number of nitrogens with one attached hydrogen (secondary N) is 2. The van der Waals surface area contributed by atoms with Gasteiger partial charge in [-0.3, -0.25) is 4.79 Å². The summed E-state index contributed by atoms with van der Waals surface area (Å²) in [5, 5.41) is 15.8. The summed E-state index contributed by atoms with van der Waals surface area (Å²) >= 11 is 0. The Balaban J connectivity index is 2.22. The fourth-order valence-corrected chi connectivity index (χ4v) is 2.09. The Morgan fingerprint density at radius 2 is 2.24 bits per heavy atom. The van der Waals surface area contributed by atoms with Crippen LogP contribution in [0, 0.1) is 0 Å². The van der Waals surface area contributed by atoms with Gasteiger partial charge in [0.1, 0.15) is 0 Å². The number of rotatable bonds is 7. The molecule has 1 heterocycles. The van der Waals surface area contributed by atoms with Crippen molar-refractivity contribution in [3.8, 4) is 0 Å². The Labute approximate surface area is 104 Å². The summed E-state index contributed by atoms with van der Waals surface area (Å²) in [6.45, 7) is 7.97. The van der Waals surface area contributed by atoms with Crippen molar-refractivity contribution in [1.29, 1.82) is 0 Å². The number of aliphatic hydroxyl groups excluding tert-OH is 1. The van der Waals surface area contributed by atoms with E-state index in [1.165, 1.54) is 0 Å². The van der Waals surface area contributed by atoms with Gasteiger partial charge in [-0.15, -0.1) is 0 Å². The van der Waals surface area contributed by atoms with Crippen molar-refractivity contribution in [2.75, 3.05) is 32.7 Å². The van der Waals surface area contributed by atoms with E-state index < -0.39 is 6.10 Å². The first-order valence-corrected chi connectivity index (χ1v) is 6.58. The number of hydrogen-bond donors (Lipinski definition) is 3. The molecule has 0 aliphatic carbocycles. The van der Waals surface area contributed by atoms with Crippen LogP contribution in [0.5, 0.6) is 0 Å². The number of likely N-dealkylation sites (N-methyl/N-ethyl adjacent to an activating group) is 1. The Kier molecular flexibility index (Phi) is 6.47. The predicted molar refractivity (Wildman–Crippen MR) is 67.8 cm³/mol. The molecule has 0 aromatic rings. The maximum absolute atomic E-state index is 11.5. The van der Waals surface area contributed by atoms with Gasteiger partial charge in [0.05, 0.1) is 12.1 Å². The molecule has 1 rings (SSSR count). The normalized spacial score (nSPS) is 22.6. The number of carbonyl (C=O) groups is 1. The smallest absolute Gasteiger partial charge is 0.237 e. The lowest BCUT2D eigenvalue weighted by Crippen LogP contribution is -2.51. The van der Waals surface area contributed by atoms with Crippen LogP contribution >= 0.6 is 0 Å². The average molecular weight is 243 g/mol. The van der Waals surface area contributed by atoms with E-state index in [0.717, 1.165) is 32.5 Å². The molecule has 17 heavy (non-hydrogen) atoms. The first kappa shape index (κ1) is 14.4. The van der Waals surface area contributed by atoms with Crippen molar-refractivity contribution >= 4 is 5.91 Å². The molecule has 1 amide bonds. The van der Waals surface area contributed by atoms with Gasteiger partial charge in [0, 0.05) is 19.6 Å². The highest BCUT2D eigenvalue weighted by Gasteiger charge is 2.22. The molecule has 1 saturated heterocycles. The summed E-state index contributed by atoms with van der Waals surface area (Å²) < 4.78 is 0. The topological polar surface area (TPSA) is 64.6 Å². The van der Waals surface area contributed by atoms with Crippen LogP contribution in [0.3, 0.4) is 0 Å². The zero-order valence-electron chi connectivity index (χ0n) is 10.9. The highest BCUT2D eigenvalue weighted by molar-refractivity contribution is 5.82. The Hall–Kier alpha value is -0.650. The van der Waals surface area contributed by atoms with Gasteiger partial charge in [-0.05, 0) is 25.9 Å². The molecule has 3 N–H and O–H groups in total. The number of carbonyl (C=O) groups excluding carboxylic acids is 1. The van der Waals surface area contributed by atoms with Crippen LogP contribution in [-0.2, 0) is 4.79 Å². The molecule has 5 heteroatoms. The van der Waals surface area contributed by atoms with Crippen molar-refractivity contribution in [1.82, 2.24) is 15.5 Å². The summed E-state index contributed by atoms with van der Waals surface area (Å²) in [4.78, 5) is 13.6. The van der Waals surface area contributed by atoms with Crippen LogP contribution in [0.2, 0.25) is 0 Å². The number of nitrogens with zero attached hydrogens (tertiary/aromatic N) is 1. The minimum atomic E-state index is -0.412. The Morgan fingerprint density at radius 1 is 1.53 bits per heavy atom. The summed E-state index contributed by atoms with van der Waals surface area (Å²) in [7, 11) is 0. The van der Waals surface area contributed by atoms with Crippen LogP contribution in [0.4, 0.5) is 0 Å². The highest BCUT2D eigenvalue weighted by Crippen LogP contribution is 2.03. The molecule has 0 bridgehead atoms. The molecule has 1 fully saturated rings. The molecule has 0 aromatic carbocycles. The maximum atomic E-state index is 11.5. The second-order valence-electron chi connectivity index (χ2n) is 4.53.